The minimum absolute atomic E-state index is 0.125. The number of carbonyl (C=O) groups is 1. The third-order valence-electron chi connectivity index (χ3n) is 1.95. The highest BCUT2D eigenvalue weighted by Crippen LogP contribution is 2.23. The summed E-state index contributed by atoms with van der Waals surface area (Å²) >= 11 is 2.14. The first-order valence-electron chi connectivity index (χ1n) is 4.80. The number of anilines is 1. The summed E-state index contributed by atoms with van der Waals surface area (Å²) in [5, 5.41) is 2.35. The topological polar surface area (TPSA) is 89.0 Å². The van der Waals surface area contributed by atoms with Crippen molar-refractivity contribution in [2.45, 2.75) is 18.1 Å². The van der Waals surface area contributed by atoms with Crippen molar-refractivity contribution < 1.29 is 13.2 Å². The Morgan fingerprint density at radius 2 is 2.17 bits per heavy atom. The highest BCUT2D eigenvalue weighted by atomic mass is 32.2. The predicted octanol–water partition coefficient (Wildman–Crippen LogP) is 1.91. The van der Waals surface area contributed by atoms with Crippen molar-refractivity contribution in [3.8, 4) is 0 Å². The summed E-state index contributed by atoms with van der Waals surface area (Å²) in [6.07, 6.45) is 1.29. The molecule has 0 aliphatic heterocycles. The molecule has 0 saturated heterocycles. The standard InChI is InChI=1S/C9H9N3O3S3/c1-5(13)7-4-16-9(11-7)12-18(14,15)8-3-10-6(2)17-8/h3-4H,1-2H3,(H,11,12). The summed E-state index contributed by atoms with van der Waals surface area (Å²) in [4.78, 5) is 18.8. The molecule has 0 aliphatic carbocycles. The van der Waals surface area contributed by atoms with Crippen LogP contribution in [-0.4, -0.2) is 24.2 Å². The summed E-state index contributed by atoms with van der Waals surface area (Å²) in [6.45, 7) is 3.10. The number of aryl methyl sites for hydroxylation is 1. The Morgan fingerprint density at radius 3 is 2.67 bits per heavy atom. The number of sulfonamides is 1. The lowest BCUT2D eigenvalue weighted by molar-refractivity contribution is 0.101. The lowest BCUT2D eigenvalue weighted by atomic mass is 10.4. The summed E-state index contributed by atoms with van der Waals surface area (Å²) in [5.74, 6) is -0.203. The van der Waals surface area contributed by atoms with Gasteiger partial charge >= 0.3 is 0 Å². The molecule has 96 valence electrons. The van der Waals surface area contributed by atoms with E-state index in [0.717, 1.165) is 22.7 Å². The molecule has 2 rings (SSSR count). The Balaban J connectivity index is 2.25. The first-order valence-corrected chi connectivity index (χ1v) is 7.98. The zero-order valence-electron chi connectivity index (χ0n) is 9.50. The summed E-state index contributed by atoms with van der Waals surface area (Å²) in [7, 11) is -3.66. The lowest BCUT2D eigenvalue weighted by Gasteiger charge is -2.00. The van der Waals surface area contributed by atoms with Gasteiger partial charge in [-0.15, -0.1) is 22.7 Å². The molecule has 2 aromatic rings. The zero-order chi connectivity index (χ0) is 13.3. The van der Waals surface area contributed by atoms with Crippen molar-refractivity contribution >= 4 is 43.6 Å². The van der Waals surface area contributed by atoms with Crippen LogP contribution in [0, 0.1) is 6.92 Å². The maximum atomic E-state index is 11.9. The molecule has 2 aromatic heterocycles. The third-order valence-corrected chi connectivity index (χ3v) is 5.55. The number of hydrogen-bond donors (Lipinski definition) is 1. The molecule has 9 heteroatoms. The SMILES string of the molecule is CC(=O)c1csc(NS(=O)(=O)c2cnc(C)s2)n1. The fraction of sp³-hybridized carbons (Fsp3) is 0.222. The Morgan fingerprint density at radius 1 is 1.44 bits per heavy atom. The minimum atomic E-state index is -3.66. The van der Waals surface area contributed by atoms with E-state index in [-0.39, 0.29) is 20.8 Å². The summed E-state index contributed by atoms with van der Waals surface area (Å²) in [5.41, 5.74) is 0.248. The van der Waals surface area contributed by atoms with Gasteiger partial charge in [0.15, 0.2) is 15.1 Å². The number of carbonyl (C=O) groups excluding carboxylic acids is 1. The predicted molar refractivity (Wildman–Crippen MR) is 69.8 cm³/mol. The van der Waals surface area contributed by atoms with Crippen LogP contribution in [0.1, 0.15) is 22.4 Å². The van der Waals surface area contributed by atoms with Crippen LogP contribution in [0.4, 0.5) is 5.13 Å². The van der Waals surface area contributed by atoms with Crippen LogP contribution in [-0.2, 0) is 10.0 Å². The Hall–Kier alpha value is -1.32. The number of hydrogen-bond acceptors (Lipinski definition) is 7. The van der Waals surface area contributed by atoms with Crippen molar-refractivity contribution in [2.24, 2.45) is 0 Å². The van der Waals surface area contributed by atoms with Gasteiger partial charge in [0.2, 0.25) is 0 Å². The maximum absolute atomic E-state index is 11.9. The van der Waals surface area contributed by atoms with Crippen molar-refractivity contribution in [2.75, 3.05) is 4.72 Å². The van der Waals surface area contributed by atoms with Gasteiger partial charge in [-0.25, -0.2) is 18.4 Å². The van der Waals surface area contributed by atoms with E-state index in [1.54, 1.807) is 6.92 Å². The molecule has 0 unspecified atom stereocenters. The molecule has 0 atom stereocenters. The molecule has 1 N–H and O–H groups in total. The first kappa shape index (κ1) is 13.1. The summed E-state index contributed by atoms with van der Waals surface area (Å²) < 4.78 is 26.3. The highest BCUT2D eigenvalue weighted by molar-refractivity contribution is 7.94. The number of nitrogens with one attached hydrogen (secondary N) is 1. The Bertz CT molecular complexity index is 687. The number of Topliss-reactive ketones (excluding diaryl/α,β-unsaturated/α-hetero) is 1. The van der Waals surface area contributed by atoms with E-state index in [4.69, 9.17) is 0 Å². The van der Waals surface area contributed by atoms with Gasteiger partial charge < -0.3 is 0 Å². The third kappa shape index (κ3) is 2.74. The van der Waals surface area contributed by atoms with E-state index < -0.39 is 10.0 Å². The van der Waals surface area contributed by atoms with Gasteiger partial charge in [-0.1, -0.05) is 0 Å². The molecule has 0 radical (unpaired) electrons. The second-order valence-electron chi connectivity index (χ2n) is 3.40. The van der Waals surface area contributed by atoms with Gasteiger partial charge in [-0.3, -0.25) is 9.52 Å². The van der Waals surface area contributed by atoms with E-state index >= 15 is 0 Å². The van der Waals surface area contributed by atoms with Crippen molar-refractivity contribution in [1.29, 1.82) is 0 Å². The molecule has 0 aliphatic rings. The highest BCUT2D eigenvalue weighted by Gasteiger charge is 2.19. The van der Waals surface area contributed by atoms with Gasteiger partial charge in [-0.2, -0.15) is 0 Å². The van der Waals surface area contributed by atoms with Crippen LogP contribution in [0.25, 0.3) is 0 Å². The quantitative estimate of drug-likeness (QED) is 0.871. The molecular weight excluding hydrogens is 294 g/mol. The summed E-state index contributed by atoms with van der Waals surface area (Å²) in [6, 6.07) is 0. The fourth-order valence-corrected chi connectivity index (χ4v) is 4.22. The van der Waals surface area contributed by atoms with Gasteiger partial charge in [0.1, 0.15) is 5.69 Å². The van der Waals surface area contributed by atoms with E-state index in [1.807, 2.05) is 0 Å². The molecule has 0 saturated carbocycles. The minimum Gasteiger partial charge on any atom is -0.293 e. The molecule has 0 amide bonds. The molecule has 0 spiro atoms. The van der Waals surface area contributed by atoms with Crippen LogP contribution >= 0.6 is 22.7 Å². The van der Waals surface area contributed by atoms with E-state index in [2.05, 4.69) is 14.7 Å². The second-order valence-corrected chi connectivity index (χ2v) is 7.40. The number of rotatable bonds is 4. The molecular formula is C9H9N3O3S3. The fourth-order valence-electron chi connectivity index (χ4n) is 1.11. The molecule has 0 fully saturated rings. The average Bonchev–Trinajstić information content (AvgIpc) is 2.86. The van der Waals surface area contributed by atoms with Gasteiger partial charge in [-0.05, 0) is 6.92 Å². The normalized spacial score (nSPS) is 11.4. The number of thiazole rings is 2. The van der Waals surface area contributed by atoms with Gasteiger partial charge in [0, 0.05) is 12.3 Å². The Labute approximate surface area is 112 Å². The number of ketones is 1. The van der Waals surface area contributed by atoms with Crippen molar-refractivity contribution in [3.63, 3.8) is 0 Å². The molecule has 6 nitrogen and oxygen atoms in total. The van der Waals surface area contributed by atoms with Crippen LogP contribution in [0.5, 0.6) is 0 Å². The van der Waals surface area contributed by atoms with Crippen LogP contribution in [0.3, 0.4) is 0 Å². The molecule has 2 heterocycles. The Kier molecular flexibility index (Phi) is 3.46. The molecule has 0 aromatic carbocycles. The van der Waals surface area contributed by atoms with Gasteiger partial charge in [0.05, 0.1) is 11.2 Å². The monoisotopic (exact) mass is 303 g/mol. The number of nitrogens with zero attached hydrogens (tertiary/aromatic N) is 2. The van der Waals surface area contributed by atoms with Crippen molar-refractivity contribution in [1.82, 2.24) is 9.97 Å². The smallest absolute Gasteiger partial charge is 0.274 e. The van der Waals surface area contributed by atoms with E-state index in [1.165, 1.54) is 18.5 Å². The van der Waals surface area contributed by atoms with Crippen LogP contribution in [0.2, 0.25) is 0 Å². The second kappa shape index (κ2) is 4.75. The maximum Gasteiger partial charge on any atom is 0.274 e. The van der Waals surface area contributed by atoms with Gasteiger partial charge in [0.25, 0.3) is 10.0 Å². The van der Waals surface area contributed by atoms with E-state index in [0.29, 0.717) is 5.01 Å². The van der Waals surface area contributed by atoms with Crippen LogP contribution in [0.15, 0.2) is 15.8 Å². The van der Waals surface area contributed by atoms with Crippen LogP contribution < -0.4 is 4.72 Å². The lowest BCUT2D eigenvalue weighted by Crippen LogP contribution is -2.11. The zero-order valence-corrected chi connectivity index (χ0v) is 11.9. The number of aromatic nitrogens is 2. The largest absolute Gasteiger partial charge is 0.293 e. The average molecular weight is 303 g/mol. The molecule has 18 heavy (non-hydrogen) atoms. The van der Waals surface area contributed by atoms with E-state index in [9.17, 15) is 13.2 Å². The first-order chi connectivity index (χ1) is 8.38. The van der Waals surface area contributed by atoms with Crippen molar-refractivity contribution in [3.05, 3.63) is 22.3 Å². The molecule has 0 bridgehead atoms.